The van der Waals surface area contributed by atoms with Gasteiger partial charge in [0.05, 0.1) is 6.61 Å². The van der Waals surface area contributed by atoms with E-state index in [-0.39, 0.29) is 18.0 Å². The fourth-order valence-electron chi connectivity index (χ4n) is 1.75. The van der Waals surface area contributed by atoms with Gasteiger partial charge in [0.25, 0.3) is 0 Å². The quantitative estimate of drug-likeness (QED) is 0.660. The van der Waals surface area contributed by atoms with Gasteiger partial charge in [0.15, 0.2) is 0 Å². The van der Waals surface area contributed by atoms with Gasteiger partial charge in [-0.3, -0.25) is 4.79 Å². The molecule has 0 bridgehead atoms. The van der Waals surface area contributed by atoms with Crippen LogP contribution in [-0.4, -0.2) is 38.3 Å². The molecule has 2 unspecified atom stereocenters. The number of ether oxygens (including phenoxy) is 1. The minimum absolute atomic E-state index is 0.0382. The Morgan fingerprint density at radius 3 is 2.94 bits per heavy atom. The molecule has 1 amide bonds. The molecule has 0 spiro atoms. The first-order chi connectivity index (χ1) is 7.77. The van der Waals surface area contributed by atoms with Crippen molar-refractivity contribution in [3.8, 4) is 0 Å². The zero-order valence-corrected chi connectivity index (χ0v) is 10.2. The number of hydrogen-bond acceptors (Lipinski definition) is 3. The van der Waals surface area contributed by atoms with E-state index in [1.165, 1.54) is 0 Å². The van der Waals surface area contributed by atoms with Crippen molar-refractivity contribution in [2.75, 3.05) is 20.3 Å². The fraction of sp³-hybridized carbons (Fsp3) is 0.750. The standard InChI is InChI=1S/C12H22N2O2/c1-3-16-9-11(13-2)12(15)14-10-7-5-4-6-8-10/h4-5,10-11,13H,3,6-9H2,1-2H3,(H,14,15). The zero-order valence-electron chi connectivity index (χ0n) is 10.2. The number of rotatable bonds is 6. The maximum Gasteiger partial charge on any atom is 0.239 e. The van der Waals surface area contributed by atoms with Crippen molar-refractivity contribution in [3.05, 3.63) is 12.2 Å². The van der Waals surface area contributed by atoms with E-state index in [9.17, 15) is 4.79 Å². The van der Waals surface area contributed by atoms with E-state index in [0.29, 0.717) is 13.2 Å². The van der Waals surface area contributed by atoms with Crippen molar-refractivity contribution in [1.82, 2.24) is 10.6 Å². The van der Waals surface area contributed by atoms with Crippen LogP contribution in [0.5, 0.6) is 0 Å². The minimum Gasteiger partial charge on any atom is -0.380 e. The number of amides is 1. The Kier molecular flexibility index (Phi) is 6.11. The molecule has 0 radical (unpaired) electrons. The fourth-order valence-corrected chi connectivity index (χ4v) is 1.75. The van der Waals surface area contributed by atoms with Crippen LogP contribution in [0.15, 0.2) is 12.2 Å². The van der Waals surface area contributed by atoms with Crippen molar-refractivity contribution < 1.29 is 9.53 Å². The number of hydrogen-bond donors (Lipinski definition) is 2. The molecule has 0 saturated carbocycles. The molecular formula is C12H22N2O2. The van der Waals surface area contributed by atoms with Crippen LogP contribution in [0.4, 0.5) is 0 Å². The van der Waals surface area contributed by atoms with E-state index in [4.69, 9.17) is 4.74 Å². The van der Waals surface area contributed by atoms with Crippen molar-refractivity contribution >= 4 is 5.91 Å². The van der Waals surface area contributed by atoms with Gasteiger partial charge < -0.3 is 15.4 Å². The van der Waals surface area contributed by atoms with Gasteiger partial charge >= 0.3 is 0 Å². The topological polar surface area (TPSA) is 50.4 Å². The van der Waals surface area contributed by atoms with Crippen LogP contribution in [-0.2, 0) is 9.53 Å². The number of carbonyl (C=O) groups excluding carboxylic acids is 1. The molecule has 0 aromatic carbocycles. The van der Waals surface area contributed by atoms with Crippen LogP contribution in [0.1, 0.15) is 26.2 Å². The van der Waals surface area contributed by atoms with Gasteiger partial charge in [-0.15, -0.1) is 0 Å². The molecule has 1 rings (SSSR count). The van der Waals surface area contributed by atoms with E-state index in [2.05, 4.69) is 22.8 Å². The molecule has 0 aromatic heterocycles. The summed E-state index contributed by atoms with van der Waals surface area (Å²) in [5, 5.41) is 6.02. The summed E-state index contributed by atoms with van der Waals surface area (Å²) >= 11 is 0. The van der Waals surface area contributed by atoms with E-state index >= 15 is 0 Å². The molecule has 4 heteroatoms. The van der Waals surface area contributed by atoms with Crippen LogP contribution in [0.3, 0.4) is 0 Å². The van der Waals surface area contributed by atoms with E-state index < -0.39 is 0 Å². The third kappa shape index (κ3) is 4.33. The molecule has 2 N–H and O–H groups in total. The van der Waals surface area contributed by atoms with Crippen molar-refractivity contribution in [2.24, 2.45) is 0 Å². The first-order valence-electron chi connectivity index (χ1n) is 5.98. The Bertz CT molecular complexity index is 241. The SMILES string of the molecule is CCOCC(NC)C(=O)NC1CC=CCC1. The van der Waals surface area contributed by atoms with Gasteiger partial charge in [-0.1, -0.05) is 12.2 Å². The van der Waals surface area contributed by atoms with Crippen LogP contribution in [0, 0.1) is 0 Å². The van der Waals surface area contributed by atoms with Gasteiger partial charge in [0.1, 0.15) is 6.04 Å². The third-order valence-corrected chi connectivity index (χ3v) is 2.77. The Morgan fingerprint density at radius 1 is 1.56 bits per heavy atom. The molecule has 16 heavy (non-hydrogen) atoms. The lowest BCUT2D eigenvalue weighted by molar-refractivity contribution is -0.125. The van der Waals surface area contributed by atoms with Crippen LogP contribution in [0.2, 0.25) is 0 Å². The highest BCUT2D eigenvalue weighted by molar-refractivity contribution is 5.82. The largest absolute Gasteiger partial charge is 0.380 e. The molecule has 1 aliphatic rings. The summed E-state index contributed by atoms with van der Waals surface area (Å²) in [5.74, 6) is 0.0382. The summed E-state index contributed by atoms with van der Waals surface area (Å²) in [6, 6.07) is 0.0424. The molecule has 0 fully saturated rings. The minimum atomic E-state index is -0.245. The summed E-state index contributed by atoms with van der Waals surface area (Å²) in [4.78, 5) is 11.9. The maximum atomic E-state index is 11.9. The smallest absolute Gasteiger partial charge is 0.239 e. The molecule has 0 aliphatic heterocycles. The summed E-state index contributed by atoms with van der Waals surface area (Å²) in [6.07, 6.45) is 7.33. The second-order valence-electron chi connectivity index (χ2n) is 3.99. The maximum absolute atomic E-state index is 11.9. The highest BCUT2D eigenvalue weighted by Crippen LogP contribution is 2.10. The molecule has 92 valence electrons. The average molecular weight is 226 g/mol. The lowest BCUT2D eigenvalue weighted by atomic mass is 10.0. The van der Waals surface area contributed by atoms with E-state index in [1.807, 2.05) is 6.92 Å². The summed E-state index contributed by atoms with van der Waals surface area (Å²) < 4.78 is 5.26. The Labute approximate surface area is 97.4 Å². The summed E-state index contributed by atoms with van der Waals surface area (Å²) in [7, 11) is 1.78. The number of likely N-dealkylation sites (N-methyl/N-ethyl adjacent to an activating group) is 1. The Hall–Kier alpha value is -0.870. The summed E-state index contributed by atoms with van der Waals surface area (Å²) in [5.41, 5.74) is 0. The molecule has 0 heterocycles. The van der Waals surface area contributed by atoms with Crippen LogP contribution < -0.4 is 10.6 Å². The molecular weight excluding hydrogens is 204 g/mol. The predicted octanol–water partition coefficient (Wildman–Crippen LogP) is 0.836. The molecule has 1 aliphatic carbocycles. The van der Waals surface area contributed by atoms with Gasteiger partial charge in [0, 0.05) is 12.6 Å². The summed E-state index contributed by atoms with van der Waals surface area (Å²) in [6.45, 7) is 3.00. The van der Waals surface area contributed by atoms with Crippen LogP contribution in [0.25, 0.3) is 0 Å². The van der Waals surface area contributed by atoms with E-state index in [1.54, 1.807) is 7.05 Å². The Balaban J connectivity index is 2.33. The van der Waals surface area contributed by atoms with Gasteiger partial charge in [-0.2, -0.15) is 0 Å². The molecule has 2 atom stereocenters. The van der Waals surface area contributed by atoms with Crippen molar-refractivity contribution in [2.45, 2.75) is 38.3 Å². The van der Waals surface area contributed by atoms with Crippen molar-refractivity contribution in [1.29, 1.82) is 0 Å². The lowest BCUT2D eigenvalue weighted by Crippen LogP contribution is -2.49. The van der Waals surface area contributed by atoms with Gasteiger partial charge in [0.2, 0.25) is 5.91 Å². The average Bonchev–Trinajstić information content (AvgIpc) is 2.31. The second kappa shape index (κ2) is 7.41. The Morgan fingerprint density at radius 2 is 2.38 bits per heavy atom. The first kappa shape index (κ1) is 13.2. The highest BCUT2D eigenvalue weighted by Gasteiger charge is 2.20. The lowest BCUT2D eigenvalue weighted by Gasteiger charge is -2.23. The second-order valence-corrected chi connectivity index (χ2v) is 3.99. The molecule has 0 saturated heterocycles. The molecule has 0 aromatic rings. The van der Waals surface area contributed by atoms with E-state index in [0.717, 1.165) is 19.3 Å². The van der Waals surface area contributed by atoms with Gasteiger partial charge in [-0.05, 0) is 33.2 Å². The third-order valence-electron chi connectivity index (χ3n) is 2.77. The zero-order chi connectivity index (χ0) is 11.8. The van der Waals surface area contributed by atoms with Gasteiger partial charge in [-0.25, -0.2) is 0 Å². The molecule has 4 nitrogen and oxygen atoms in total. The number of nitrogens with one attached hydrogen (secondary N) is 2. The number of carbonyl (C=O) groups is 1. The predicted molar refractivity (Wildman–Crippen MR) is 64.3 cm³/mol. The van der Waals surface area contributed by atoms with Crippen molar-refractivity contribution in [3.63, 3.8) is 0 Å². The normalized spacial score (nSPS) is 21.8. The van der Waals surface area contributed by atoms with Crippen LogP contribution >= 0.6 is 0 Å². The first-order valence-corrected chi connectivity index (χ1v) is 5.98. The monoisotopic (exact) mass is 226 g/mol. The highest BCUT2D eigenvalue weighted by atomic mass is 16.5. The number of allylic oxidation sites excluding steroid dienone is 1.